The van der Waals surface area contributed by atoms with Gasteiger partial charge in [0.15, 0.2) is 5.82 Å². The lowest BCUT2D eigenvalue weighted by atomic mass is 10.1. The van der Waals surface area contributed by atoms with Crippen molar-refractivity contribution in [1.82, 2.24) is 30.0 Å². The maximum atomic E-state index is 12.7. The van der Waals surface area contributed by atoms with Crippen molar-refractivity contribution >= 4 is 11.9 Å². The average molecular weight is 367 g/mol. The lowest BCUT2D eigenvalue weighted by Crippen LogP contribution is -2.29. The van der Waals surface area contributed by atoms with Gasteiger partial charge in [-0.2, -0.15) is 0 Å². The average Bonchev–Trinajstić information content (AvgIpc) is 3.11. The van der Waals surface area contributed by atoms with Crippen LogP contribution in [0, 0.1) is 0 Å². The third kappa shape index (κ3) is 4.02. The van der Waals surface area contributed by atoms with Gasteiger partial charge in [-0.3, -0.25) is 14.6 Å². The van der Waals surface area contributed by atoms with Gasteiger partial charge in [-0.05, 0) is 32.9 Å². The number of aromatic amines is 1. The Morgan fingerprint density at radius 3 is 2.74 bits per heavy atom. The van der Waals surface area contributed by atoms with Crippen LogP contribution in [-0.4, -0.2) is 30.6 Å². The van der Waals surface area contributed by atoms with E-state index < -0.39 is 0 Å². The summed E-state index contributed by atoms with van der Waals surface area (Å²) in [6, 6.07) is 8.04. The zero-order valence-corrected chi connectivity index (χ0v) is 15.3. The molecule has 0 saturated heterocycles. The van der Waals surface area contributed by atoms with Crippen LogP contribution in [0.3, 0.4) is 0 Å². The number of hydrogen-bond acceptors (Lipinski definition) is 6. The number of carbonyl (C=O) groups excluding carboxylic acids is 1. The van der Waals surface area contributed by atoms with E-state index in [9.17, 15) is 9.59 Å². The van der Waals surface area contributed by atoms with Gasteiger partial charge >= 0.3 is 0 Å². The first kappa shape index (κ1) is 18.3. The highest BCUT2D eigenvalue weighted by Gasteiger charge is 2.18. The van der Waals surface area contributed by atoms with Crippen molar-refractivity contribution in [2.24, 2.45) is 0 Å². The Balaban J connectivity index is 1.83. The smallest absolute Gasteiger partial charge is 0.252 e. The van der Waals surface area contributed by atoms with Crippen molar-refractivity contribution in [2.75, 3.05) is 5.73 Å². The molecular formula is C18H21N7O2. The number of anilines is 1. The van der Waals surface area contributed by atoms with Crippen LogP contribution in [-0.2, 0) is 0 Å². The van der Waals surface area contributed by atoms with Gasteiger partial charge in [0.1, 0.15) is 6.33 Å². The number of nitrogens with two attached hydrogens (primary N) is 1. The minimum absolute atomic E-state index is 0.0222. The van der Waals surface area contributed by atoms with E-state index in [1.165, 1.54) is 6.07 Å². The highest BCUT2D eigenvalue weighted by molar-refractivity contribution is 5.95. The van der Waals surface area contributed by atoms with Gasteiger partial charge in [0.25, 0.3) is 11.5 Å². The number of hydrogen-bond donors (Lipinski definition) is 3. The Morgan fingerprint density at radius 1 is 1.26 bits per heavy atom. The van der Waals surface area contributed by atoms with Crippen LogP contribution >= 0.6 is 0 Å². The molecule has 4 N–H and O–H groups in total. The quantitative estimate of drug-likeness (QED) is 0.629. The summed E-state index contributed by atoms with van der Waals surface area (Å²) in [4.78, 5) is 30.8. The monoisotopic (exact) mass is 367 g/mol. The zero-order valence-electron chi connectivity index (χ0n) is 15.3. The van der Waals surface area contributed by atoms with Crippen molar-refractivity contribution in [1.29, 1.82) is 0 Å². The van der Waals surface area contributed by atoms with Crippen molar-refractivity contribution < 1.29 is 4.79 Å². The van der Waals surface area contributed by atoms with Crippen LogP contribution < -0.4 is 16.6 Å². The molecule has 0 fully saturated rings. The zero-order chi connectivity index (χ0) is 19.6. The fourth-order valence-corrected chi connectivity index (χ4v) is 2.75. The first-order chi connectivity index (χ1) is 12.8. The van der Waals surface area contributed by atoms with Crippen LogP contribution in [0.1, 0.15) is 49.0 Å². The van der Waals surface area contributed by atoms with Crippen LogP contribution in [0.15, 0.2) is 41.5 Å². The third-order valence-corrected chi connectivity index (χ3v) is 4.07. The van der Waals surface area contributed by atoms with Gasteiger partial charge in [0.2, 0.25) is 5.95 Å². The summed E-state index contributed by atoms with van der Waals surface area (Å²) in [5.74, 6) is 0.438. The fourth-order valence-electron chi connectivity index (χ4n) is 2.75. The van der Waals surface area contributed by atoms with Gasteiger partial charge in [-0.1, -0.05) is 12.1 Å². The second-order valence-electron chi connectivity index (χ2n) is 6.48. The predicted octanol–water partition coefficient (Wildman–Crippen LogP) is 1.68. The number of benzene rings is 1. The second kappa shape index (κ2) is 7.40. The van der Waals surface area contributed by atoms with Crippen LogP contribution in [0.2, 0.25) is 0 Å². The Labute approximate surface area is 155 Å². The summed E-state index contributed by atoms with van der Waals surface area (Å²) in [6.45, 7) is 5.89. The molecule has 0 spiro atoms. The normalized spacial score (nSPS) is 12.1. The summed E-state index contributed by atoms with van der Waals surface area (Å²) < 4.78 is 1.91. The number of amides is 1. The minimum Gasteiger partial charge on any atom is -0.369 e. The number of nitrogens with one attached hydrogen (secondary N) is 2. The Kier molecular flexibility index (Phi) is 5.02. The SMILES string of the molecule is CC(C)n1cnnc1[C@@H](C)NC(=O)c1cccc(-c2cc(=O)[nH]c(N)n2)c1. The predicted molar refractivity (Wildman–Crippen MR) is 101 cm³/mol. The van der Waals surface area contributed by atoms with E-state index in [0.717, 1.165) is 0 Å². The molecule has 1 amide bonds. The molecule has 1 atom stereocenters. The van der Waals surface area contributed by atoms with E-state index in [-0.39, 0.29) is 29.5 Å². The number of nitrogen functional groups attached to an aromatic ring is 1. The van der Waals surface area contributed by atoms with Crippen LogP contribution in [0.5, 0.6) is 0 Å². The summed E-state index contributed by atoms with van der Waals surface area (Å²) in [7, 11) is 0. The van der Waals surface area contributed by atoms with E-state index >= 15 is 0 Å². The van der Waals surface area contributed by atoms with Crippen molar-refractivity contribution in [3.05, 3.63) is 58.4 Å². The second-order valence-corrected chi connectivity index (χ2v) is 6.48. The van der Waals surface area contributed by atoms with Crippen LogP contribution in [0.4, 0.5) is 5.95 Å². The Bertz CT molecular complexity index is 1020. The van der Waals surface area contributed by atoms with Gasteiger partial charge in [0.05, 0.1) is 11.7 Å². The number of carbonyl (C=O) groups is 1. The Hall–Kier alpha value is -3.49. The molecule has 3 rings (SSSR count). The molecule has 2 aromatic heterocycles. The maximum Gasteiger partial charge on any atom is 0.252 e. The lowest BCUT2D eigenvalue weighted by Gasteiger charge is -2.17. The third-order valence-electron chi connectivity index (χ3n) is 4.07. The van der Waals surface area contributed by atoms with Crippen molar-refractivity contribution in [2.45, 2.75) is 32.9 Å². The molecule has 140 valence electrons. The lowest BCUT2D eigenvalue weighted by molar-refractivity contribution is 0.0937. The van der Waals surface area contributed by atoms with E-state index in [1.54, 1.807) is 30.6 Å². The molecule has 0 aliphatic heterocycles. The van der Waals surface area contributed by atoms with Gasteiger partial charge in [-0.15, -0.1) is 10.2 Å². The van der Waals surface area contributed by atoms with Gasteiger partial charge in [-0.25, -0.2) is 4.98 Å². The molecule has 0 unspecified atom stereocenters. The first-order valence-electron chi connectivity index (χ1n) is 8.52. The number of rotatable bonds is 5. The molecule has 3 aromatic rings. The summed E-state index contributed by atoms with van der Waals surface area (Å²) >= 11 is 0. The first-order valence-corrected chi connectivity index (χ1v) is 8.52. The molecule has 1 aromatic carbocycles. The van der Waals surface area contributed by atoms with E-state index in [4.69, 9.17) is 5.73 Å². The molecule has 9 heteroatoms. The van der Waals surface area contributed by atoms with Crippen molar-refractivity contribution in [3.63, 3.8) is 0 Å². The van der Waals surface area contributed by atoms with Gasteiger partial charge in [0, 0.05) is 23.2 Å². The summed E-state index contributed by atoms with van der Waals surface area (Å²) in [6.07, 6.45) is 1.65. The molecule has 0 saturated carbocycles. The standard InChI is InChI=1S/C18H21N7O2/c1-10(2)25-9-20-24-16(25)11(3)21-17(27)13-6-4-5-12(7-13)14-8-15(26)23-18(19)22-14/h4-11H,1-3H3,(H,21,27)(H3,19,22,23,26)/t11-/m1/s1. The molecule has 2 heterocycles. The largest absolute Gasteiger partial charge is 0.369 e. The molecule has 0 radical (unpaired) electrons. The molecule has 0 bridgehead atoms. The minimum atomic E-state index is -0.353. The van der Waals surface area contributed by atoms with E-state index in [2.05, 4.69) is 25.5 Å². The number of nitrogens with zero attached hydrogens (tertiary/aromatic N) is 4. The van der Waals surface area contributed by atoms with E-state index in [1.807, 2.05) is 25.3 Å². The molecule has 0 aliphatic rings. The number of aromatic nitrogens is 5. The fraction of sp³-hybridized carbons (Fsp3) is 0.278. The van der Waals surface area contributed by atoms with Crippen LogP contribution in [0.25, 0.3) is 11.3 Å². The summed E-state index contributed by atoms with van der Waals surface area (Å²) in [5, 5.41) is 10.9. The maximum absolute atomic E-state index is 12.7. The topological polar surface area (TPSA) is 132 Å². The molecule has 27 heavy (non-hydrogen) atoms. The van der Waals surface area contributed by atoms with Gasteiger partial charge < -0.3 is 15.6 Å². The highest BCUT2D eigenvalue weighted by Crippen LogP contribution is 2.19. The summed E-state index contributed by atoms with van der Waals surface area (Å²) in [5.41, 5.74) is 6.70. The molecule has 0 aliphatic carbocycles. The highest BCUT2D eigenvalue weighted by atomic mass is 16.1. The van der Waals surface area contributed by atoms with Crippen molar-refractivity contribution in [3.8, 4) is 11.3 Å². The Morgan fingerprint density at radius 2 is 2.04 bits per heavy atom. The number of H-pyrrole nitrogens is 1. The molecule has 9 nitrogen and oxygen atoms in total. The molecular weight excluding hydrogens is 346 g/mol. The van der Waals surface area contributed by atoms with E-state index in [0.29, 0.717) is 22.6 Å².